The molecular weight excluding hydrogens is 394 g/mol. The average Bonchev–Trinajstić information content (AvgIpc) is 2.52. The molecule has 1 aromatic rings. The van der Waals surface area contributed by atoms with Crippen molar-refractivity contribution in [1.82, 2.24) is 4.72 Å². The minimum Gasteiger partial charge on any atom is -0.385 e. The second-order valence-corrected chi connectivity index (χ2v) is 8.68. The topological polar surface area (TPSA) is 64.6 Å². The van der Waals surface area contributed by atoms with Crippen molar-refractivity contribution in [2.24, 2.45) is 0 Å². The Morgan fingerprint density at radius 2 is 1.83 bits per heavy atom. The van der Waals surface area contributed by atoms with Gasteiger partial charge >= 0.3 is 0 Å². The van der Waals surface area contributed by atoms with Crippen LogP contribution < -0.4 is 4.72 Å². The fraction of sp³-hybridized carbons (Fsp3) is 0.647. The number of halogens is 1. The van der Waals surface area contributed by atoms with E-state index in [4.69, 9.17) is 9.47 Å². The fourth-order valence-corrected chi connectivity index (χ4v) is 4.68. The van der Waals surface area contributed by atoms with Crippen LogP contribution in [0.2, 0.25) is 0 Å². The number of alkyl halides is 1. The molecule has 1 aliphatic carbocycles. The molecule has 1 saturated carbocycles. The normalized spacial score (nSPS) is 23.9. The Labute approximate surface area is 153 Å². The van der Waals surface area contributed by atoms with E-state index in [-0.39, 0.29) is 11.6 Å². The largest absolute Gasteiger partial charge is 0.385 e. The SMILES string of the molecule is COCCCCOC1(CBr)CC(NS(=O)(=O)c2ccc(C)cc2)C1. The monoisotopic (exact) mass is 419 g/mol. The molecule has 0 heterocycles. The van der Waals surface area contributed by atoms with E-state index in [0.29, 0.717) is 29.7 Å². The summed E-state index contributed by atoms with van der Waals surface area (Å²) in [7, 11) is -1.77. The van der Waals surface area contributed by atoms with Crippen molar-refractivity contribution in [3.63, 3.8) is 0 Å². The second kappa shape index (κ2) is 8.76. The van der Waals surface area contributed by atoms with E-state index < -0.39 is 10.0 Å². The number of rotatable bonds is 10. The van der Waals surface area contributed by atoms with E-state index in [0.717, 1.165) is 25.0 Å². The van der Waals surface area contributed by atoms with Crippen LogP contribution in [0.25, 0.3) is 0 Å². The standard InChI is InChI=1S/C17H26BrNO4S/c1-14-5-7-16(8-6-14)24(20,21)19-15-11-17(12-15,13-18)23-10-4-3-9-22-2/h5-8,15,19H,3-4,9-13H2,1-2H3. The highest BCUT2D eigenvalue weighted by Gasteiger charge is 2.46. The molecule has 0 unspecified atom stereocenters. The third-order valence-electron chi connectivity index (χ3n) is 4.28. The number of benzene rings is 1. The van der Waals surface area contributed by atoms with Crippen LogP contribution in [0.3, 0.4) is 0 Å². The Hall–Kier alpha value is -0.470. The maximum atomic E-state index is 12.4. The summed E-state index contributed by atoms with van der Waals surface area (Å²) in [5, 5.41) is 0.715. The summed E-state index contributed by atoms with van der Waals surface area (Å²) >= 11 is 3.50. The lowest BCUT2D eigenvalue weighted by atomic mass is 9.77. The molecule has 5 nitrogen and oxygen atoms in total. The molecule has 0 saturated heterocycles. The van der Waals surface area contributed by atoms with Crippen molar-refractivity contribution in [3.8, 4) is 0 Å². The van der Waals surface area contributed by atoms with E-state index in [9.17, 15) is 8.42 Å². The number of sulfonamides is 1. The first-order valence-electron chi connectivity index (χ1n) is 8.19. The van der Waals surface area contributed by atoms with Crippen LogP contribution in [0.4, 0.5) is 0 Å². The van der Waals surface area contributed by atoms with Gasteiger partial charge in [-0.25, -0.2) is 13.1 Å². The zero-order chi connectivity index (χ0) is 17.6. The van der Waals surface area contributed by atoms with Crippen LogP contribution in [0, 0.1) is 6.92 Å². The van der Waals surface area contributed by atoms with Crippen molar-refractivity contribution < 1.29 is 17.9 Å². The van der Waals surface area contributed by atoms with Crippen LogP contribution >= 0.6 is 15.9 Å². The van der Waals surface area contributed by atoms with Crippen LogP contribution in [-0.2, 0) is 19.5 Å². The van der Waals surface area contributed by atoms with Gasteiger partial charge in [0, 0.05) is 31.7 Å². The highest BCUT2D eigenvalue weighted by atomic mass is 79.9. The van der Waals surface area contributed by atoms with E-state index in [1.165, 1.54) is 0 Å². The third-order valence-corrected chi connectivity index (χ3v) is 6.84. The van der Waals surface area contributed by atoms with E-state index in [1.807, 2.05) is 6.92 Å². The molecule has 136 valence electrons. The summed E-state index contributed by atoms with van der Waals surface area (Å²) in [4.78, 5) is 0.310. The summed E-state index contributed by atoms with van der Waals surface area (Å²) in [5.41, 5.74) is 0.783. The summed E-state index contributed by atoms with van der Waals surface area (Å²) in [6.07, 6.45) is 3.29. The van der Waals surface area contributed by atoms with Crippen molar-refractivity contribution in [2.45, 2.75) is 49.1 Å². The van der Waals surface area contributed by atoms with Gasteiger partial charge in [0.25, 0.3) is 0 Å². The zero-order valence-corrected chi connectivity index (χ0v) is 16.7. The first-order chi connectivity index (χ1) is 11.4. The minimum absolute atomic E-state index is 0.0761. The molecule has 1 N–H and O–H groups in total. The van der Waals surface area contributed by atoms with Gasteiger partial charge in [0.2, 0.25) is 10.0 Å². The molecular formula is C17H26BrNO4S. The van der Waals surface area contributed by atoms with Crippen LogP contribution in [0.5, 0.6) is 0 Å². The maximum absolute atomic E-state index is 12.4. The number of aryl methyl sites for hydroxylation is 1. The van der Waals surface area contributed by atoms with E-state index in [1.54, 1.807) is 31.4 Å². The average molecular weight is 420 g/mol. The van der Waals surface area contributed by atoms with Gasteiger partial charge in [-0.3, -0.25) is 0 Å². The number of methoxy groups -OCH3 is 1. The molecule has 24 heavy (non-hydrogen) atoms. The lowest BCUT2D eigenvalue weighted by Gasteiger charge is -2.46. The van der Waals surface area contributed by atoms with Gasteiger partial charge in [0.05, 0.1) is 10.5 Å². The number of hydrogen-bond donors (Lipinski definition) is 1. The Balaban J connectivity index is 1.82. The van der Waals surface area contributed by atoms with Gasteiger partial charge in [-0.15, -0.1) is 0 Å². The minimum atomic E-state index is -3.47. The molecule has 1 fully saturated rings. The van der Waals surface area contributed by atoms with Gasteiger partial charge in [0.1, 0.15) is 0 Å². The molecule has 7 heteroatoms. The quantitative estimate of drug-likeness (QED) is 0.467. The van der Waals surface area contributed by atoms with Gasteiger partial charge in [-0.2, -0.15) is 0 Å². The van der Waals surface area contributed by atoms with Crippen molar-refractivity contribution in [1.29, 1.82) is 0 Å². The first kappa shape index (κ1) is 19.8. The van der Waals surface area contributed by atoms with Crippen LogP contribution in [-0.4, -0.2) is 45.7 Å². The number of nitrogens with one attached hydrogen (secondary N) is 1. The Bertz CT molecular complexity index is 612. The highest BCUT2D eigenvalue weighted by Crippen LogP contribution is 2.38. The van der Waals surface area contributed by atoms with Gasteiger partial charge in [-0.1, -0.05) is 33.6 Å². The summed E-state index contributed by atoms with van der Waals surface area (Å²) in [5.74, 6) is 0. The van der Waals surface area contributed by atoms with Crippen LogP contribution in [0.15, 0.2) is 29.2 Å². The molecule has 1 aromatic carbocycles. The smallest absolute Gasteiger partial charge is 0.240 e. The molecule has 0 radical (unpaired) electrons. The lowest BCUT2D eigenvalue weighted by molar-refractivity contribution is -0.0944. The van der Waals surface area contributed by atoms with Gasteiger partial charge in [-0.05, 0) is 44.7 Å². The van der Waals surface area contributed by atoms with Crippen molar-refractivity contribution >= 4 is 26.0 Å². The maximum Gasteiger partial charge on any atom is 0.240 e. The second-order valence-electron chi connectivity index (χ2n) is 6.40. The Morgan fingerprint density at radius 3 is 2.42 bits per heavy atom. The molecule has 0 bridgehead atoms. The molecule has 0 atom stereocenters. The Morgan fingerprint density at radius 1 is 1.21 bits per heavy atom. The summed E-state index contributed by atoms with van der Waals surface area (Å²) in [6, 6.07) is 6.82. The molecule has 0 amide bonds. The van der Waals surface area contributed by atoms with E-state index in [2.05, 4.69) is 20.7 Å². The molecule has 0 aromatic heterocycles. The van der Waals surface area contributed by atoms with Gasteiger partial charge < -0.3 is 9.47 Å². The fourth-order valence-electron chi connectivity index (χ4n) is 2.83. The van der Waals surface area contributed by atoms with Crippen LogP contribution in [0.1, 0.15) is 31.2 Å². The number of ether oxygens (including phenoxy) is 2. The molecule has 0 aliphatic heterocycles. The summed E-state index contributed by atoms with van der Waals surface area (Å²) < 4.78 is 38.6. The number of unbranched alkanes of at least 4 members (excludes halogenated alkanes) is 1. The predicted molar refractivity (Wildman–Crippen MR) is 98.1 cm³/mol. The van der Waals surface area contributed by atoms with E-state index >= 15 is 0 Å². The Kier molecular flexibility index (Phi) is 7.24. The molecule has 1 aliphatic rings. The van der Waals surface area contributed by atoms with Gasteiger partial charge in [0.15, 0.2) is 0 Å². The lowest BCUT2D eigenvalue weighted by Crippen LogP contribution is -2.57. The zero-order valence-electron chi connectivity index (χ0n) is 14.3. The highest BCUT2D eigenvalue weighted by molar-refractivity contribution is 9.09. The molecule has 0 spiro atoms. The predicted octanol–water partition coefficient (Wildman–Crippen LogP) is 3.01. The number of hydrogen-bond acceptors (Lipinski definition) is 4. The third kappa shape index (κ3) is 5.26. The van der Waals surface area contributed by atoms with Crippen molar-refractivity contribution in [2.75, 3.05) is 25.7 Å². The molecule has 2 rings (SSSR count). The van der Waals surface area contributed by atoms with Crippen molar-refractivity contribution in [3.05, 3.63) is 29.8 Å². The summed E-state index contributed by atoms with van der Waals surface area (Å²) in [6.45, 7) is 3.35. The first-order valence-corrected chi connectivity index (χ1v) is 10.8.